The Bertz CT molecular complexity index is 2570. The summed E-state index contributed by atoms with van der Waals surface area (Å²) in [5, 5.41) is 10.0. The Morgan fingerprint density at radius 3 is 2.66 bits per heavy atom. The maximum Gasteiger partial charge on any atom is 0.317 e. The van der Waals surface area contributed by atoms with Gasteiger partial charge in [-0.15, -0.1) is 0 Å². The van der Waals surface area contributed by atoms with E-state index in [9.17, 15) is 24.0 Å². The van der Waals surface area contributed by atoms with E-state index in [1.807, 2.05) is 47.5 Å². The van der Waals surface area contributed by atoms with Gasteiger partial charge in [-0.3, -0.25) is 34.5 Å². The summed E-state index contributed by atoms with van der Waals surface area (Å²) in [6, 6.07) is 14.6. The molecule has 7 heterocycles. The summed E-state index contributed by atoms with van der Waals surface area (Å²) in [6.45, 7) is 7.15. The average Bonchev–Trinajstić information content (AvgIpc) is 3.92. The van der Waals surface area contributed by atoms with Crippen LogP contribution in [-0.4, -0.2) is 91.8 Å². The number of nitrogens with one attached hydrogen (secondary N) is 3. The molecule has 4 aliphatic heterocycles. The number of carbonyl (C=O) groups excluding carboxylic acids is 5. The third-order valence-electron chi connectivity index (χ3n) is 12.3. The number of imidazole rings is 1. The number of piperidine rings is 1. The molecule has 0 bridgehead atoms. The molecule has 0 saturated carbocycles. The van der Waals surface area contributed by atoms with Crippen molar-refractivity contribution >= 4 is 40.4 Å². The number of benzene rings is 2. The summed E-state index contributed by atoms with van der Waals surface area (Å²) >= 11 is 0. The van der Waals surface area contributed by atoms with Gasteiger partial charge in [-0.2, -0.15) is 0 Å². The van der Waals surface area contributed by atoms with Crippen LogP contribution in [0.3, 0.4) is 0 Å². The van der Waals surface area contributed by atoms with Crippen LogP contribution in [0.5, 0.6) is 5.75 Å². The molecule has 2 atom stereocenters. The van der Waals surface area contributed by atoms with Gasteiger partial charge >= 0.3 is 6.03 Å². The molecule has 15 nitrogen and oxygen atoms in total. The minimum Gasteiger partial charge on any atom is -0.492 e. The molecule has 1 saturated heterocycles. The molecule has 3 aromatic heterocycles. The largest absolute Gasteiger partial charge is 0.492 e. The van der Waals surface area contributed by atoms with Gasteiger partial charge in [-0.25, -0.2) is 9.78 Å². The zero-order chi connectivity index (χ0) is 41.0. The molecule has 4 aliphatic rings. The molecule has 15 heteroatoms. The summed E-state index contributed by atoms with van der Waals surface area (Å²) in [7, 11) is 1.65. The molecule has 9 rings (SSSR count). The number of ether oxygens (including phenoxy) is 1. The number of hydrogen-bond acceptors (Lipinski definition) is 9. The third-order valence-corrected chi connectivity index (χ3v) is 12.3. The highest BCUT2D eigenvalue weighted by Crippen LogP contribution is 2.47. The molecule has 5 aromatic rings. The lowest BCUT2D eigenvalue weighted by molar-refractivity contribution is -0.136. The fourth-order valence-corrected chi connectivity index (χ4v) is 9.02. The maximum absolute atomic E-state index is 13.3. The topological polar surface area (TPSA) is 181 Å². The van der Waals surface area contributed by atoms with Crippen molar-refractivity contribution in [1.29, 1.82) is 0 Å². The van der Waals surface area contributed by atoms with Gasteiger partial charge in [-0.05, 0) is 48.9 Å². The maximum atomic E-state index is 13.3. The second-order valence-corrected chi connectivity index (χ2v) is 15.9. The van der Waals surface area contributed by atoms with Crippen molar-refractivity contribution in [3.63, 3.8) is 0 Å². The number of pyridine rings is 2. The van der Waals surface area contributed by atoms with Gasteiger partial charge in [0, 0.05) is 90.5 Å². The van der Waals surface area contributed by atoms with E-state index in [0.29, 0.717) is 62.6 Å². The molecule has 0 aliphatic carbocycles. The van der Waals surface area contributed by atoms with Crippen molar-refractivity contribution in [3.8, 4) is 28.3 Å². The first-order valence-electron chi connectivity index (χ1n) is 20.2. The molecule has 0 radical (unpaired) electrons. The molecule has 2 aromatic carbocycles. The number of urea groups is 1. The van der Waals surface area contributed by atoms with E-state index >= 15 is 0 Å². The van der Waals surface area contributed by atoms with E-state index < -0.39 is 11.9 Å². The monoisotopic (exact) mass is 795 g/mol. The van der Waals surface area contributed by atoms with Crippen LogP contribution in [0.4, 0.5) is 4.79 Å². The van der Waals surface area contributed by atoms with Gasteiger partial charge < -0.3 is 29.7 Å². The summed E-state index contributed by atoms with van der Waals surface area (Å²) < 4.78 is 8.45. The number of aryl methyl sites for hydroxylation is 1. The first kappa shape index (κ1) is 37.9. The van der Waals surface area contributed by atoms with Crippen LogP contribution in [0, 0.1) is 0 Å². The van der Waals surface area contributed by atoms with Crippen molar-refractivity contribution in [2.75, 3.05) is 26.7 Å². The van der Waals surface area contributed by atoms with Crippen molar-refractivity contribution in [2.24, 2.45) is 0 Å². The number of rotatable bonds is 9. The predicted molar refractivity (Wildman–Crippen MR) is 217 cm³/mol. The van der Waals surface area contributed by atoms with Crippen molar-refractivity contribution in [3.05, 3.63) is 94.8 Å². The molecule has 302 valence electrons. The van der Waals surface area contributed by atoms with Crippen LogP contribution < -0.4 is 20.7 Å². The molecular formula is C44H45N9O6. The van der Waals surface area contributed by atoms with Crippen LogP contribution in [0.1, 0.15) is 83.0 Å². The Hall–Kier alpha value is -6.64. The molecule has 59 heavy (non-hydrogen) atoms. The number of fused-ring (bicyclic) bond motifs is 5. The minimum atomic E-state index is -0.685. The van der Waals surface area contributed by atoms with Crippen LogP contribution >= 0.6 is 0 Å². The zero-order valence-electron chi connectivity index (χ0n) is 33.3. The third kappa shape index (κ3) is 6.63. The fraction of sp³-hybridized carbons (Fsp3) is 0.364. The zero-order valence-corrected chi connectivity index (χ0v) is 33.3. The van der Waals surface area contributed by atoms with Gasteiger partial charge in [0.05, 0.1) is 36.8 Å². The average molecular weight is 796 g/mol. The number of nitrogens with zero attached hydrogens (tertiary/aromatic N) is 6. The SMILES string of the molecule is CCc1nc(-c2cccc3cc(-c4ccc(C(=O)NCCCC5(C)COc6c5ccc5c6CN(C6CCC(=O)NC6=O)C5=O)nc4)ncc23)c2n1CCN(C(=O)NC)C2. The summed E-state index contributed by atoms with van der Waals surface area (Å²) in [6.07, 6.45) is 6.24. The molecule has 0 spiro atoms. The van der Waals surface area contributed by atoms with E-state index in [4.69, 9.17) is 14.7 Å². The summed E-state index contributed by atoms with van der Waals surface area (Å²) in [5.74, 6) is 0.437. The Morgan fingerprint density at radius 2 is 1.88 bits per heavy atom. The Morgan fingerprint density at radius 1 is 1.02 bits per heavy atom. The van der Waals surface area contributed by atoms with E-state index in [2.05, 4.69) is 45.4 Å². The summed E-state index contributed by atoms with van der Waals surface area (Å²) in [5.41, 5.74) is 6.66. The van der Waals surface area contributed by atoms with Gasteiger partial charge in [0.25, 0.3) is 11.8 Å². The Labute approximate surface area is 340 Å². The highest BCUT2D eigenvalue weighted by Gasteiger charge is 2.44. The normalized spacial score (nSPS) is 19.6. The minimum absolute atomic E-state index is 0.104. The first-order chi connectivity index (χ1) is 28.6. The van der Waals surface area contributed by atoms with Crippen LogP contribution in [0.25, 0.3) is 33.3 Å². The fourth-order valence-electron chi connectivity index (χ4n) is 9.02. The second-order valence-electron chi connectivity index (χ2n) is 15.9. The van der Waals surface area contributed by atoms with Gasteiger partial charge in [0.15, 0.2) is 0 Å². The van der Waals surface area contributed by atoms with Gasteiger partial charge in [-0.1, -0.05) is 38.1 Å². The molecule has 3 N–H and O–H groups in total. The van der Waals surface area contributed by atoms with E-state index in [-0.39, 0.29) is 42.1 Å². The number of amides is 6. The second kappa shape index (κ2) is 14.9. The number of carbonyl (C=O) groups is 5. The van der Waals surface area contributed by atoms with Gasteiger partial charge in [0.1, 0.15) is 23.3 Å². The van der Waals surface area contributed by atoms with Crippen molar-refractivity contribution in [1.82, 2.24) is 45.3 Å². The first-order valence-corrected chi connectivity index (χ1v) is 20.2. The smallest absolute Gasteiger partial charge is 0.317 e. The predicted octanol–water partition coefficient (Wildman–Crippen LogP) is 4.50. The van der Waals surface area contributed by atoms with E-state index in [1.165, 1.54) is 4.90 Å². The molecule has 6 amide bonds. The van der Waals surface area contributed by atoms with E-state index in [0.717, 1.165) is 68.8 Å². The van der Waals surface area contributed by atoms with Crippen molar-refractivity contribution in [2.45, 2.75) is 77.0 Å². The van der Waals surface area contributed by atoms with E-state index in [1.54, 1.807) is 19.3 Å². The lowest BCUT2D eigenvalue weighted by atomic mass is 9.79. The van der Waals surface area contributed by atoms with Crippen LogP contribution in [-0.2, 0) is 41.1 Å². The summed E-state index contributed by atoms with van der Waals surface area (Å²) in [4.78, 5) is 80.8. The lowest BCUT2D eigenvalue weighted by Gasteiger charge is -2.29. The molecule has 1 fully saturated rings. The Balaban J connectivity index is 0.834. The molecule has 2 unspecified atom stereocenters. The Kier molecular flexibility index (Phi) is 9.60. The number of imide groups is 1. The highest BCUT2D eigenvalue weighted by atomic mass is 16.5. The molecular weight excluding hydrogens is 751 g/mol. The standard InChI is InChI=1S/C44H45N9O6/c1-4-36-49-38(35-23-51(43(58)45-3)17-18-52(35)36)27-8-5-7-25-19-33(48-21-29(25)27)26-9-12-32(47-20-26)40(55)46-16-6-15-44(2)24-59-39-30-22-53(34-13-14-37(54)50-41(34)56)42(57)28(30)10-11-31(39)44/h5,7-12,19-21,34H,4,6,13-18,22-24H2,1-3H3,(H,45,58)(H,46,55)(H,50,54,56). The lowest BCUT2D eigenvalue weighted by Crippen LogP contribution is -2.52. The van der Waals surface area contributed by atoms with Crippen molar-refractivity contribution < 1.29 is 28.7 Å². The number of hydrogen-bond donors (Lipinski definition) is 3. The van der Waals surface area contributed by atoms with Crippen LogP contribution in [0.2, 0.25) is 0 Å². The van der Waals surface area contributed by atoms with Gasteiger partial charge in [0.2, 0.25) is 11.8 Å². The highest BCUT2D eigenvalue weighted by molar-refractivity contribution is 6.06. The number of aromatic nitrogens is 4. The quantitative estimate of drug-likeness (QED) is 0.143. The van der Waals surface area contributed by atoms with Crippen LogP contribution in [0.15, 0.2) is 60.9 Å².